The number of nitrogens with one attached hydrogen (secondary N) is 2. The standard InChI is InChI=1S/C26H28Cl2N4O4S.Li.H/c1-3-4-9-36-15-7-5-14(6-8-15)10-18-23(25(34)35)37-26(30-18)32-11-16-17(12-32)21(16)31-24(33)22-20(28)19(27)13(2)29-22;;/h5-8,16-17,21,29H,3-4,9-12H2,1-2H3,(H,31,33)(H,34,35);;/t16-,17+,21+;;. The molecule has 1 saturated carbocycles. The number of aromatic carboxylic acids is 1. The molecule has 8 nitrogen and oxygen atoms in total. The van der Waals surface area contributed by atoms with Crippen LogP contribution >= 0.6 is 34.5 Å². The van der Waals surface area contributed by atoms with E-state index >= 15 is 0 Å². The molecule has 1 aliphatic heterocycles. The van der Waals surface area contributed by atoms with Crippen LogP contribution < -0.4 is 15.0 Å². The molecule has 0 radical (unpaired) electrons. The third kappa shape index (κ3) is 5.87. The molecule has 3 aromatic rings. The Morgan fingerprint density at radius 2 is 1.89 bits per heavy atom. The zero-order valence-electron chi connectivity index (χ0n) is 20.5. The van der Waals surface area contributed by atoms with Gasteiger partial charge in [-0.3, -0.25) is 4.79 Å². The Balaban J connectivity index is 0.00000336. The van der Waals surface area contributed by atoms with E-state index in [0.29, 0.717) is 47.7 Å². The van der Waals surface area contributed by atoms with Crippen molar-refractivity contribution in [3.8, 4) is 5.75 Å². The van der Waals surface area contributed by atoms with Crippen molar-refractivity contribution in [1.29, 1.82) is 0 Å². The molecular weight excluding hydrogens is 542 g/mol. The summed E-state index contributed by atoms with van der Waals surface area (Å²) in [6.45, 7) is 5.99. The van der Waals surface area contributed by atoms with Crippen molar-refractivity contribution < 1.29 is 19.4 Å². The Bertz CT molecular complexity index is 1320. The first-order valence-electron chi connectivity index (χ1n) is 12.3. The van der Waals surface area contributed by atoms with Gasteiger partial charge in [0.05, 0.1) is 22.3 Å². The third-order valence-corrected chi connectivity index (χ3v) is 9.08. The molecule has 0 bridgehead atoms. The number of unbranched alkanes of at least 4 members (excludes halogenated alkanes) is 1. The first kappa shape index (κ1) is 28.8. The predicted octanol–water partition coefficient (Wildman–Crippen LogP) is 4.77. The van der Waals surface area contributed by atoms with Crippen LogP contribution in [-0.2, 0) is 6.42 Å². The minimum absolute atomic E-state index is 0. The van der Waals surface area contributed by atoms with Gasteiger partial charge in [0.25, 0.3) is 5.91 Å². The number of carbonyl (C=O) groups is 2. The van der Waals surface area contributed by atoms with E-state index in [4.69, 9.17) is 32.9 Å². The molecule has 198 valence electrons. The van der Waals surface area contributed by atoms with Gasteiger partial charge in [-0.15, -0.1) is 0 Å². The molecule has 0 unspecified atom stereocenters. The number of thiazole rings is 1. The Hall–Kier alpha value is -2.15. The number of aryl methyl sites for hydroxylation is 1. The van der Waals surface area contributed by atoms with Crippen molar-refractivity contribution in [3.05, 3.63) is 61.8 Å². The first-order valence-corrected chi connectivity index (χ1v) is 13.9. The van der Waals surface area contributed by atoms with E-state index in [9.17, 15) is 14.7 Å². The second-order valence-corrected chi connectivity index (χ2v) is 11.3. The van der Waals surface area contributed by atoms with Crippen LogP contribution in [0.15, 0.2) is 24.3 Å². The number of anilines is 1. The number of carboxylic acid groups (broad SMARTS) is 1. The molecular formula is C26H29Cl2LiN4O4S. The molecule has 2 fully saturated rings. The van der Waals surface area contributed by atoms with E-state index < -0.39 is 5.97 Å². The van der Waals surface area contributed by atoms with Crippen LogP contribution in [0.25, 0.3) is 0 Å². The number of hydrogen-bond donors (Lipinski definition) is 3. The molecule has 1 aromatic carbocycles. The molecule has 1 aliphatic carbocycles. The van der Waals surface area contributed by atoms with E-state index in [2.05, 4.69) is 22.1 Å². The molecule has 2 aromatic heterocycles. The molecule has 38 heavy (non-hydrogen) atoms. The first-order chi connectivity index (χ1) is 17.8. The Kier molecular flexibility index (Phi) is 9.06. The number of aromatic amines is 1. The van der Waals surface area contributed by atoms with E-state index in [1.54, 1.807) is 6.92 Å². The van der Waals surface area contributed by atoms with Crippen molar-refractivity contribution in [2.45, 2.75) is 39.2 Å². The summed E-state index contributed by atoms with van der Waals surface area (Å²) in [6, 6.07) is 7.79. The fourth-order valence-electron chi connectivity index (χ4n) is 4.84. The fourth-order valence-corrected chi connectivity index (χ4v) is 6.20. The quantitative estimate of drug-likeness (QED) is 0.239. The average molecular weight is 571 g/mol. The van der Waals surface area contributed by atoms with E-state index in [1.807, 2.05) is 24.3 Å². The number of benzene rings is 1. The summed E-state index contributed by atoms with van der Waals surface area (Å²) in [5, 5.41) is 14.1. The number of rotatable bonds is 10. The maximum atomic E-state index is 12.7. The maximum absolute atomic E-state index is 12.7. The summed E-state index contributed by atoms with van der Waals surface area (Å²) >= 11 is 13.5. The number of carbonyl (C=O) groups excluding carboxylic acids is 1. The van der Waals surface area contributed by atoms with Gasteiger partial charge in [-0.2, -0.15) is 0 Å². The number of piperidine rings is 1. The van der Waals surface area contributed by atoms with Crippen LogP contribution in [0.3, 0.4) is 0 Å². The zero-order valence-corrected chi connectivity index (χ0v) is 22.8. The molecule has 3 N–H and O–H groups in total. The Labute approximate surface area is 247 Å². The van der Waals surface area contributed by atoms with Gasteiger partial charge >= 0.3 is 24.8 Å². The van der Waals surface area contributed by atoms with E-state index in [-0.39, 0.29) is 58.2 Å². The van der Waals surface area contributed by atoms with Crippen molar-refractivity contribution in [2.24, 2.45) is 11.8 Å². The Morgan fingerprint density at radius 3 is 2.47 bits per heavy atom. The summed E-state index contributed by atoms with van der Waals surface area (Å²) in [5.74, 6) is 0.150. The number of hydrogen-bond acceptors (Lipinski definition) is 6. The SMILES string of the molecule is CCCCOc1ccc(Cc2nc(N3C[C@@H]4[C@H](C3)[C@H]4NC(=O)c3[nH]c(C)c(Cl)c3Cl)sc2C(=O)O)cc1.[LiH]. The Morgan fingerprint density at radius 1 is 1.21 bits per heavy atom. The van der Waals surface area contributed by atoms with Gasteiger partial charge in [0.2, 0.25) is 0 Å². The second-order valence-electron chi connectivity index (χ2n) is 9.59. The van der Waals surface area contributed by atoms with E-state index in [1.165, 1.54) is 11.3 Å². The number of H-pyrrole nitrogens is 1. The second kappa shape index (κ2) is 11.9. The van der Waals surface area contributed by atoms with Gasteiger partial charge in [0.1, 0.15) is 16.3 Å². The van der Waals surface area contributed by atoms with Crippen LogP contribution in [0, 0.1) is 18.8 Å². The third-order valence-electron chi connectivity index (χ3n) is 6.99. The fraction of sp³-hybridized carbons (Fsp3) is 0.423. The van der Waals surface area contributed by atoms with Gasteiger partial charge in [0.15, 0.2) is 5.13 Å². The van der Waals surface area contributed by atoms with Crippen molar-refractivity contribution in [3.63, 3.8) is 0 Å². The molecule has 2 aliphatic rings. The number of amides is 1. The normalized spacial score (nSPS) is 19.6. The van der Waals surface area contributed by atoms with Crippen molar-refractivity contribution in [1.82, 2.24) is 15.3 Å². The molecule has 12 heteroatoms. The molecule has 3 atom stereocenters. The van der Waals surface area contributed by atoms with Crippen LogP contribution in [-0.4, -0.2) is 71.5 Å². The van der Waals surface area contributed by atoms with Crippen molar-refractivity contribution in [2.75, 3.05) is 24.6 Å². The number of nitrogens with zero attached hydrogens (tertiary/aromatic N) is 2. The number of ether oxygens (including phenoxy) is 1. The number of halogens is 2. The molecule has 1 amide bonds. The average Bonchev–Trinajstić information content (AvgIpc) is 3.23. The van der Waals surface area contributed by atoms with Crippen LogP contribution in [0.2, 0.25) is 10.0 Å². The number of aromatic nitrogens is 2. The summed E-state index contributed by atoms with van der Waals surface area (Å²) < 4.78 is 5.71. The molecule has 5 rings (SSSR count). The molecule has 3 heterocycles. The van der Waals surface area contributed by atoms with Gasteiger partial charge in [0, 0.05) is 43.1 Å². The van der Waals surface area contributed by atoms with Gasteiger partial charge in [-0.25, -0.2) is 9.78 Å². The van der Waals surface area contributed by atoms with E-state index in [0.717, 1.165) is 24.2 Å². The summed E-state index contributed by atoms with van der Waals surface area (Å²) in [4.78, 5) is 34.6. The number of carboxylic acids is 1. The minimum atomic E-state index is -0.968. The molecule has 1 saturated heterocycles. The van der Waals surface area contributed by atoms with Gasteiger partial charge < -0.3 is 25.0 Å². The summed E-state index contributed by atoms with van der Waals surface area (Å²) in [5.41, 5.74) is 2.48. The summed E-state index contributed by atoms with van der Waals surface area (Å²) in [7, 11) is 0. The topological polar surface area (TPSA) is 108 Å². The number of fused-ring (bicyclic) bond motifs is 1. The monoisotopic (exact) mass is 570 g/mol. The van der Waals surface area contributed by atoms with Gasteiger partial charge in [-0.1, -0.05) is 60.0 Å². The van der Waals surface area contributed by atoms with Gasteiger partial charge in [-0.05, 0) is 31.0 Å². The van der Waals surface area contributed by atoms with Crippen LogP contribution in [0.1, 0.15) is 56.9 Å². The summed E-state index contributed by atoms with van der Waals surface area (Å²) in [6.07, 6.45) is 2.52. The zero-order chi connectivity index (χ0) is 26.3. The van der Waals surface area contributed by atoms with Crippen molar-refractivity contribution >= 4 is 70.4 Å². The van der Waals surface area contributed by atoms with Crippen LogP contribution in [0.5, 0.6) is 5.75 Å². The predicted molar refractivity (Wildman–Crippen MR) is 152 cm³/mol. The van der Waals surface area contributed by atoms with Crippen LogP contribution in [0.4, 0.5) is 5.13 Å². The molecule has 0 spiro atoms.